The second-order valence-corrected chi connectivity index (χ2v) is 6.03. The van der Waals surface area contributed by atoms with Crippen LogP contribution in [0.3, 0.4) is 0 Å². The van der Waals surface area contributed by atoms with Crippen molar-refractivity contribution in [1.82, 2.24) is 0 Å². The van der Waals surface area contributed by atoms with Gasteiger partial charge in [0.25, 0.3) is 0 Å². The van der Waals surface area contributed by atoms with Crippen LogP contribution in [0.25, 0.3) is 0 Å². The van der Waals surface area contributed by atoms with Gasteiger partial charge in [0.05, 0.1) is 12.1 Å². The van der Waals surface area contributed by atoms with Gasteiger partial charge in [0.1, 0.15) is 0 Å². The van der Waals surface area contributed by atoms with Crippen molar-refractivity contribution in [3.8, 4) is 0 Å². The van der Waals surface area contributed by atoms with E-state index in [0.717, 1.165) is 37.5 Å². The Morgan fingerprint density at radius 2 is 1.05 bits per heavy atom. The maximum Gasteiger partial charge on any atom is 0.235 e. The minimum Gasteiger partial charge on any atom is -0.211 e. The SMILES string of the molecule is O=C=N[C@H]1CC[C@@H](C[C@H]2CC[C@H](N=C=O)CC2)CC1. The lowest BCUT2D eigenvalue weighted by atomic mass is 9.76. The van der Waals surface area contributed by atoms with Crippen molar-refractivity contribution in [2.24, 2.45) is 21.8 Å². The van der Waals surface area contributed by atoms with E-state index in [-0.39, 0.29) is 12.1 Å². The van der Waals surface area contributed by atoms with Gasteiger partial charge in [0.2, 0.25) is 12.2 Å². The fraction of sp³-hybridized carbons (Fsp3) is 0.867. The van der Waals surface area contributed by atoms with E-state index in [1.54, 1.807) is 12.2 Å². The first-order valence-electron chi connectivity index (χ1n) is 7.45. The first-order valence-corrected chi connectivity index (χ1v) is 7.45. The zero-order chi connectivity index (χ0) is 13.5. The van der Waals surface area contributed by atoms with E-state index in [1.165, 1.54) is 32.1 Å². The highest BCUT2D eigenvalue weighted by molar-refractivity contribution is 5.33. The lowest BCUT2D eigenvalue weighted by Crippen LogP contribution is -2.23. The Bertz CT molecular complexity index is 332. The lowest BCUT2D eigenvalue weighted by molar-refractivity contribution is 0.226. The lowest BCUT2D eigenvalue weighted by Gasteiger charge is -2.31. The molecule has 4 heteroatoms. The van der Waals surface area contributed by atoms with Gasteiger partial charge in [-0.2, -0.15) is 0 Å². The highest BCUT2D eigenvalue weighted by Gasteiger charge is 2.26. The zero-order valence-corrected chi connectivity index (χ0v) is 11.4. The summed E-state index contributed by atoms with van der Waals surface area (Å²) in [5.41, 5.74) is 0. The first-order chi connectivity index (χ1) is 9.31. The molecule has 0 saturated heterocycles. The van der Waals surface area contributed by atoms with Gasteiger partial charge in [0.15, 0.2) is 0 Å². The Morgan fingerprint density at radius 3 is 1.37 bits per heavy atom. The van der Waals surface area contributed by atoms with Crippen LogP contribution in [0.2, 0.25) is 0 Å². The van der Waals surface area contributed by atoms with Crippen LogP contribution in [-0.2, 0) is 9.59 Å². The standard InChI is InChI=1S/C15H22N2O2/c18-10-16-14-5-1-12(2-6-14)9-13-3-7-15(8-4-13)17-11-19/h12-15H,1-9H2/t12-,13-,14-,15+. The molecule has 0 spiro atoms. The van der Waals surface area contributed by atoms with Crippen LogP contribution in [0.4, 0.5) is 0 Å². The highest BCUT2D eigenvalue weighted by atomic mass is 16.1. The normalized spacial score (nSPS) is 34.9. The summed E-state index contributed by atoms with van der Waals surface area (Å²) in [4.78, 5) is 28.1. The highest BCUT2D eigenvalue weighted by Crippen LogP contribution is 2.36. The Kier molecular flexibility index (Phi) is 5.50. The number of rotatable bonds is 4. The van der Waals surface area contributed by atoms with Gasteiger partial charge in [-0.3, -0.25) is 0 Å². The van der Waals surface area contributed by atoms with Gasteiger partial charge in [-0.25, -0.2) is 19.6 Å². The molecule has 2 rings (SSSR count). The molecule has 2 saturated carbocycles. The predicted octanol–water partition coefficient (Wildman–Crippen LogP) is 3.17. The van der Waals surface area contributed by atoms with Crippen molar-refractivity contribution in [3.05, 3.63) is 0 Å². The topological polar surface area (TPSA) is 58.9 Å². The van der Waals surface area contributed by atoms with Crippen LogP contribution in [0, 0.1) is 11.8 Å². The van der Waals surface area contributed by atoms with Crippen LogP contribution < -0.4 is 0 Å². The summed E-state index contributed by atoms with van der Waals surface area (Å²) in [7, 11) is 0. The first kappa shape index (κ1) is 14.2. The molecule has 0 aromatic rings. The molecule has 0 radical (unpaired) electrons. The largest absolute Gasteiger partial charge is 0.235 e. The Morgan fingerprint density at radius 1 is 0.684 bits per heavy atom. The molecule has 0 atom stereocenters. The van der Waals surface area contributed by atoms with Crippen molar-refractivity contribution >= 4 is 12.2 Å². The molecule has 19 heavy (non-hydrogen) atoms. The molecule has 0 N–H and O–H groups in total. The third-order valence-corrected chi connectivity index (χ3v) is 4.77. The van der Waals surface area contributed by atoms with Gasteiger partial charge in [-0.1, -0.05) is 0 Å². The average Bonchev–Trinajstić information content (AvgIpc) is 2.44. The number of nitrogens with zero attached hydrogens (tertiary/aromatic N) is 2. The van der Waals surface area contributed by atoms with Crippen molar-refractivity contribution in [2.45, 2.75) is 69.9 Å². The average molecular weight is 262 g/mol. The Labute approximate surface area is 114 Å². The molecule has 2 aliphatic rings. The van der Waals surface area contributed by atoms with E-state index in [0.29, 0.717) is 0 Å². The quantitative estimate of drug-likeness (QED) is 0.577. The van der Waals surface area contributed by atoms with Gasteiger partial charge in [-0.05, 0) is 69.6 Å². The summed E-state index contributed by atoms with van der Waals surface area (Å²) in [5, 5.41) is 0. The monoisotopic (exact) mass is 262 g/mol. The Hall–Kier alpha value is -1.24. The van der Waals surface area contributed by atoms with Gasteiger partial charge < -0.3 is 0 Å². The fourth-order valence-electron chi connectivity index (χ4n) is 3.64. The summed E-state index contributed by atoms with van der Waals surface area (Å²) in [6.45, 7) is 0. The molecule has 0 aliphatic heterocycles. The molecule has 0 amide bonds. The summed E-state index contributed by atoms with van der Waals surface area (Å²) in [6, 6.07) is 0.456. The zero-order valence-electron chi connectivity index (χ0n) is 11.4. The van der Waals surface area contributed by atoms with E-state index in [2.05, 4.69) is 9.98 Å². The molecule has 4 nitrogen and oxygen atoms in total. The maximum atomic E-state index is 10.2. The molecular weight excluding hydrogens is 240 g/mol. The fourth-order valence-corrected chi connectivity index (χ4v) is 3.64. The molecule has 0 aromatic carbocycles. The van der Waals surface area contributed by atoms with E-state index >= 15 is 0 Å². The van der Waals surface area contributed by atoms with Crippen molar-refractivity contribution in [3.63, 3.8) is 0 Å². The van der Waals surface area contributed by atoms with Crippen molar-refractivity contribution < 1.29 is 9.59 Å². The second kappa shape index (κ2) is 7.37. The number of hydrogen-bond donors (Lipinski definition) is 0. The second-order valence-electron chi connectivity index (χ2n) is 6.03. The number of aliphatic imine (C=N–C) groups is 2. The molecular formula is C15H22N2O2. The maximum absolute atomic E-state index is 10.2. The van der Waals surface area contributed by atoms with Crippen LogP contribution >= 0.6 is 0 Å². The molecule has 0 unspecified atom stereocenters. The molecule has 0 heterocycles. The summed E-state index contributed by atoms with van der Waals surface area (Å²) >= 11 is 0. The molecule has 0 aromatic heterocycles. The summed E-state index contributed by atoms with van der Waals surface area (Å²) in [5.74, 6) is 1.60. The number of hydrogen-bond acceptors (Lipinski definition) is 4. The van der Waals surface area contributed by atoms with Gasteiger partial charge in [-0.15, -0.1) is 0 Å². The van der Waals surface area contributed by atoms with Gasteiger partial charge in [0, 0.05) is 0 Å². The molecule has 2 fully saturated rings. The minimum atomic E-state index is 0.228. The van der Waals surface area contributed by atoms with E-state index in [9.17, 15) is 9.59 Å². The van der Waals surface area contributed by atoms with Crippen molar-refractivity contribution in [2.75, 3.05) is 0 Å². The van der Waals surface area contributed by atoms with E-state index < -0.39 is 0 Å². The summed E-state index contributed by atoms with van der Waals surface area (Å²) < 4.78 is 0. The van der Waals surface area contributed by atoms with E-state index in [4.69, 9.17) is 0 Å². The van der Waals surface area contributed by atoms with Crippen LogP contribution in [-0.4, -0.2) is 24.2 Å². The molecule has 104 valence electrons. The van der Waals surface area contributed by atoms with Crippen LogP contribution in [0.1, 0.15) is 57.8 Å². The molecule has 0 bridgehead atoms. The minimum absolute atomic E-state index is 0.228. The third-order valence-electron chi connectivity index (χ3n) is 4.77. The van der Waals surface area contributed by atoms with Crippen LogP contribution in [0.15, 0.2) is 9.98 Å². The van der Waals surface area contributed by atoms with E-state index in [1.807, 2.05) is 0 Å². The molecule has 2 aliphatic carbocycles. The number of isocyanates is 2. The summed E-state index contributed by atoms with van der Waals surface area (Å²) in [6.07, 6.45) is 13.6. The Balaban J connectivity index is 1.69. The number of carbonyl (C=O) groups excluding carboxylic acids is 2. The van der Waals surface area contributed by atoms with Crippen LogP contribution in [0.5, 0.6) is 0 Å². The van der Waals surface area contributed by atoms with Gasteiger partial charge >= 0.3 is 0 Å². The van der Waals surface area contributed by atoms with Crippen molar-refractivity contribution in [1.29, 1.82) is 0 Å². The third kappa shape index (κ3) is 4.41. The smallest absolute Gasteiger partial charge is 0.211 e. The predicted molar refractivity (Wildman–Crippen MR) is 72.4 cm³/mol.